The predicted molar refractivity (Wildman–Crippen MR) is 121 cm³/mol. The van der Waals surface area contributed by atoms with Crippen LogP contribution in [-0.4, -0.2) is 42.9 Å². The van der Waals surface area contributed by atoms with Crippen LogP contribution in [0.15, 0.2) is 18.2 Å². The number of carbonyl (C=O) groups is 2. The molecule has 1 spiro atoms. The van der Waals surface area contributed by atoms with E-state index in [1.165, 1.54) is 12.8 Å². The molecule has 3 aliphatic rings. The van der Waals surface area contributed by atoms with Gasteiger partial charge in [-0.25, -0.2) is 0 Å². The third-order valence-corrected chi connectivity index (χ3v) is 7.53. The van der Waals surface area contributed by atoms with Gasteiger partial charge < -0.3 is 15.5 Å². The van der Waals surface area contributed by atoms with Crippen molar-refractivity contribution in [2.75, 3.05) is 19.4 Å². The van der Waals surface area contributed by atoms with Gasteiger partial charge in [-0.3, -0.25) is 9.59 Å². The van der Waals surface area contributed by atoms with Crippen molar-refractivity contribution in [2.24, 2.45) is 17.3 Å². The number of fused-ring (bicyclic) bond motifs is 2. The van der Waals surface area contributed by atoms with Gasteiger partial charge in [-0.05, 0) is 35.4 Å². The lowest BCUT2D eigenvalue weighted by Crippen LogP contribution is -2.52. The summed E-state index contributed by atoms with van der Waals surface area (Å²) in [6.45, 7) is 6.59. The van der Waals surface area contributed by atoms with Crippen molar-refractivity contribution in [1.29, 1.82) is 0 Å². The van der Waals surface area contributed by atoms with Gasteiger partial charge >= 0.3 is 0 Å². The van der Waals surface area contributed by atoms with Gasteiger partial charge in [0.1, 0.15) is 0 Å². The van der Waals surface area contributed by atoms with E-state index in [9.17, 15) is 9.59 Å². The molecule has 4 rings (SSSR count). The summed E-state index contributed by atoms with van der Waals surface area (Å²) in [5.74, 6) is 0.374. The Morgan fingerprint density at radius 3 is 2.50 bits per heavy atom. The SMILES string of the molecule is CN(C)C(=O)[C@@H]1N[C@H](CC(C)(C)C)[C@]2(C(=O)Nc3cc(Cl)ccc32)[C@H]1C1CCCC1. The highest BCUT2D eigenvalue weighted by molar-refractivity contribution is 6.31. The Labute approximate surface area is 184 Å². The van der Waals surface area contributed by atoms with E-state index >= 15 is 0 Å². The van der Waals surface area contributed by atoms with Crippen LogP contribution in [0.4, 0.5) is 5.69 Å². The molecule has 4 atom stereocenters. The Bertz CT molecular complexity index is 856. The van der Waals surface area contributed by atoms with Crippen LogP contribution in [-0.2, 0) is 15.0 Å². The number of nitrogens with one attached hydrogen (secondary N) is 2. The molecule has 0 bridgehead atoms. The molecule has 5 nitrogen and oxygen atoms in total. The van der Waals surface area contributed by atoms with E-state index in [-0.39, 0.29) is 35.2 Å². The van der Waals surface area contributed by atoms with Crippen molar-refractivity contribution in [3.63, 3.8) is 0 Å². The average molecular weight is 432 g/mol. The minimum absolute atomic E-state index is 0.0103. The highest BCUT2D eigenvalue weighted by Crippen LogP contribution is 2.57. The number of hydrogen-bond donors (Lipinski definition) is 2. The van der Waals surface area contributed by atoms with E-state index in [2.05, 4.69) is 31.4 Å². The summed E-state index contributed by atoms with van der Waals surface area (Å²) in [4.78, 5) is 28.9. The molecule has 1 aromatic rings. The smallest absolute Gasteiger partial charge is 0.239 e. The van der Waals surface area contributed by atoms with Crippen LogP contribution in [0.2, 0.25) is 5.02 Å². The first-order valence-corrected chi connectivity index (χ1v) is 11.5. The molecular formula is C24H34ClN3O2. The van der Waals surface area contributed by atoms with Crippen molar-refractivity contribution in [1.82, 2.24) is 10.2 Å². The number of hydrogen-bond acceptors (Lipinski definition) is 3. The molecule has 0 aromatic heterocycles. The second-order valence-corrected chi connectivity index (χ2v) is 11.2. The maximum absolute atomic E-state index is 13.8. The molecule has 2 fully saturated rings. The molecule has 2 N–H and O–H groups in total. The van der Waals surface area contributed by atoms with Crippen LogP contribution >= 0.6 is 11.6 Å². The summed E-state index contributed by atoms with van der Waals surface area (Å²) in [7, 11) is 3.61. The third kappa shape index (κ3) is 3.34. The molecule has 1 aliphatic carbocycles. The van der Waals surface area contributed by atoms with E-state index < -0.39 is 5.41 Å². The molecule has 2 amide bonds. The third-order valence-electron chi connectivity index (χ3n) is 7.30. The van der Waals surface area contributed by atoms with E-state index in [1.54, 1.807) is 4.90 Å². The summed E-state index contributed by atoms with van der Waals surface area (Å²) in [5, 5.41) is 7.44. The number of amides is 2. The second kappa shape index (κ2) is 7.52. The fourth-order valence-electron chi connectivity index (χ4n) is 6.25. The Morgan fingerprint density at radius 1 is 1.23 bits per heavy atom. The molecule has 1 aromatic carbocycles. The van der Waals surface area contributed by atoms with Gasteiger partial charge in [-0.15, -0.1) is 0 Å². The second-order valence-electron chi connectivity index (χ2n) is 10.8. The predicted octanol–water partition coefficient (Wildman–Crippen LogP) is 4.20. The average Bonchev–Trinajstić information content (AvgIpc) is 3.32. The minimum Gasteiger partial charge on any atom is -0.347 e. The number of carbonyl (C=O) groups excluding carboxylic acids is 2. The maximum Gasteiger partial charge on any atom is 0.239 e. The maximum atomic E-state index is 13.8. The topological polar surface area (TPSA) is 61.4 Å². The molecule has 30 heavy (non-hydrogen) atoms. The van der Waals surface area contributed by atoms with Crippen molar-refractivity contribution >= 4 is 29.1 Å². The molecule has 6 heteroatoms. The van der Waals surface area contributed by atoms with Crippen LogP contribution in [0.25, 0.3) is 0 Å². The van der Waals surface area contributed by atoms with Gasteiger partial charge in [0.2, 0.25) is 11.8 Å². The van der Waals surface area contributed by atoms with Crippen LogP contribution < -0.4 is 10.6 Å². The van der Waals surface area contributed by atoms with Gasteiger partial charge in [0.25, 0.3) is 0 Å². The monoisotopic (exact) mass is 431 g/mol. The van der Waals surface area contributed by atoms with Crippen molar-refractivity contribution < 1.29 is 9.59 Å². The Morgan fingerprint density at radius 2 is 1.90 bits per heavy atom. The summed E-state index contributed by atoms with van der Waals surface area (Å²) < 4.78 is 0. The Balaban J connectivity index is 1.92. The Kier molecular flexibility index (Phi) is 5.43. The lowest BCUT2D eigenvalue weighted by molar-refractivity contribution is -0.132. The largest absolute Gasteiger partial charge is 0.347 e. The van der Waals surface area contributed by atoms with Crippen molar-refractivity contribution in [3.05, 3.63) is 28.8 Å². The molecular weight excluding hydrogens is 398 g/mol. The number of nitrogens with zero attached hydrogens (tertiary/aromatic N) is 1. The number of likely N-dealkylation sites (N-methyl/N-ethyl adjacent to an activating group) is 1. The summed E-state index contributed by atoms with van der Waals surface area (Å²) in [6.07, 6.45) is 5.29. The van der Waals surface area contributed by atoms with Gasteiger partial charge in [0, 0.05) is 36.8 Å². The van der Waals surface area contributed by atoms with E-state index in [4.69, 9.17) is 11.6 Å². The normalized spacial score (nSPS) is 31.3. The lowest BCUT2D eigenvalue weighted by Gasteiger charge is -2.40. The summed E-state index contributed by atoms with van der Waals surface area (Å²) in [6, 6.07) is 5.27. The van der Waals surface area contributed by atoms with Crippen molar-refractivity contribution in [2.45, 2.75) is 70.4 Å². The standard InChI is InChI=1S/C24H34ClN3O2/c1-23(2,3)13-18-24(16-11-10-15(25)12-17(16)26-22(24)30)19(14-8-6-7-9-14)20(27-18)21(29)28(4)5/h10-12,14,18-20,27H,6-9,13H2,1-5H3,(H,26,30)/t18-,19+,20-,24+/m1/s1. The minimum atomic E-state index is -0.751. The number of rotatable bonds is 3. The zero-order chi connectivity index (χ0) is 21.8. The lowest BCUT2D eigenvalue weighted by atomic mass is 9.60. The fraction of sp³-hybridized carbons (Fsp3) is 0.667. The molecule has 164 valence electrons. The number of anilines is 1. The highest BCUT2D eigenvalue weighted by atomic mass is 35.5. The van der Waals surface area contributed by atoms with Crippen molar-refractivity contribution in [3.8, 4) is 0 Å². The molecule has 2 aliphatic heterocycles. The summed E-state index contributed by atoms with van der Waals surface area (Å²) >= 11 is 6.27. The molecule has 0 radical (unpaired) electrons. The number of benzene rings is 1. The molecule has 1 saturated carbocycles. The zero-order valence-corrected chi connectivity index (χ0v) is 19.5. The van der Waals surface area contributed by atoms with Crippen LogP contribution in [0.3, 0.4) is 0 Å². The Hall–Kier alpha value is -1.59. The number of halogens is 1. The quantitative estimate of drug-likeness (QED) is 0.753. The molecule has 1 saturated heterocycles. The summed E-state index contributed by atoms with van der Waals surface area (Å²) in [5.41, 5.74) is 1.06. The van der Waals surface area contributed by atoms with Gasteiger partial charge in [0.05, 0.1) is 11.5 Å². The van der Waals surface area contributed by atoms with Crippen LogP contribution in [0.5, 0.6) is 0 Å². The highest BCUT2D eigenvalue weighted by Gasteiger charge is 2.66. The first-order chi connectivity index (χ1) is 14.1. The van der Waals surface area contributed by atoms with E-state index in [1.807, 2.05) is 32.3 Å². The zero-order valence-electron chi connectivity index (χ0n) is 18.7. The van der Waals surface area contributed by atoms with Gasteiger partial charge in [-0.1, -0.05) is 64.1 Å². The van der Waals surface area contributed by atoms with Gasteiger partial charge in [-0.2, -0.15) is 0 Å². The van der Waals surface area contributed by atoms with E-state index in [0.717, 1.165) is 30.5 Å². The van der Waals surface area contributed by atoms with E-state index in [0.29, 0.717) is 10.9 Å². The van der Waals surface area contributed by atoms with Crippen LogP contribution in [0, 0.1) is 17.3 Å². The molecule has 0 unspecified atom stereocenters. The van der Waals surface area contributed by atoms with Crippen LogP contribution in [0.1, 0.15) is 58.4 Å². The molecule has 2 heterocycles. The van der Waals surface area contributed by atoms with Gasteiger partial charge in [0.15, 0.2) is 0 Å². The fourth-order valence-corrected chi connectivity index (χ4v) is 6.42. The first-order valence-electron chi connectivity index (χ1n) is 11.1. The first kappa shape index (κ1) is 21.6.